The van der Waals surface area contributed by atoms with Crippen molar-refractivity contribution in [1.82, 2.24) is 0 Å². The Kier molecular flexibility index (Phi) is 4.76. The standard InChI is InChI=1S/C46H30/c1-2-12-31(13-3-1)35-18-10-19-38(29-35)45-41-21-8-9-22-42(41)46(40-23-11-17-33-15-6-7-20-39(33)40)43-27-26-37(30-44(43)45)36-25-24-32-14-4-5-16-34(32)28-36/h1-30H/i8D,9D,21D,22D,26D,27D,30D. The molecule has 0 nitrogen and oxygen atoms in total. The second kappa shape index (κ2) is 10.9. The van der Waals surface area contributed by atoms with Crippen LogP contribution < -0.4 is 0 Å². The van der Waals surface area contributed by atoms with Gasteiger partial charge in [0.2, 0.25) is 0 Å². The Morgan fingerprint density at radius 3 is 1.83 bits per heavy atom. The number of hydrogen-bond acceptors (Lipinski definition) is 0. The molecule has 0 aliphatic rings. The van der Waals surface area contributed by atoms with E-state index in [2.05, 4.69) is 0 Å². The molecule has 9 aromatic carbocycles. The third kappa shape index (κ3) is 4.38. The summed E-state index contributed by atoms with van der Waals surface area (Å²) in [5.41, 5.74) is 4.94. The van der Waals surface area contributed by atoms with Gasteiger partial charge in [-0.05, 0) is 106 Å². The van der Waals surface area contributed by atoms with Gasteiger partial charge in [-0.2, -0.15) is 0 Å². The predicted molar refractivity (Wildman–Crippen MR) is 198 cm³/mol. The predicted octanol–water partition coefficient (Wildman–Crippen LogP) is 13.0. The minimum atomic E-state index is -0.385. The second-order valence-corrected chi connectivity index (χ2v) is 11.5. The van der Waals surface area contributed by atoms with Gasteiger partial charge in [-0.1, -0.05) is 164 Å². The van der Waals surface area contributed by atoms with E-state index in [-0.39, 0.29) is 58.6 Å². The summed E-state index contributed by atoms with van der Waals surface area (Å²) in [5.74, 6) is 0. The van der Waals surface area contributed by atoms with Crippen LogP contribution in [0.4, 0.5) is 0 Å². The number of fused-ring (bicyclic) bond motifs is 4. The number of benzene rings is 9. The molecule has 0 radical (unpaired) electrons. The van der Waals surface area contributed by atoms with E-state index < -0.39 is 0 Å². The van der Waals surface area contributed by atoms with E-state index >= 15 is 0 Å². The van der Waals surface area contributed by atoms with Crippen molar-refractivity contribution in [1.29, 1.82) is 0 Å². The first-order valence-electron chi connectivity index (χ1n) is 18.9. The van der Waals surface area contributed by atoms with Crippen LogP contribution in [0.5, 0.6) is 0 Å². The fourth-order valence-electron chi connectivity index (χ4n) is 6.69. The highest BCUT2D eigenvalue weighted by Gasteiger charge is 2.19. The second-order valence-electron chi connectivity index (χ2n) is 11.5. The summed E-state index contributed by atoms with van der Waals surface area (Å²) in [6, 6.07) is 43.5. The summed E-state index contributed by atoms with van der Waals surface area (Å²) in [6.07, 6.45) is 0. The molecule has 0 saturated heterocycles. The van der Waals surface area contributed by atoms with E-state index in [0.717, 1.165) is 32.7 Å². The van der Waals surface area contributed by atoms with E-state index in [1.807, 2.05) is 140 Å². The highest BCUT2D eigenvalue weighted by atomic mass is 14.2. The van der Waals surface area contributed by atoms with Crippen molar-refractivity contribution in [3.8, 4) is 44.5 Å². The molecule has 0 aliphatic carbocycles. The van der Waals surface area contributed by atoms with Crippen LogP contribution in [0.2, 0.25) is 0 Å². The van der Waals surface area contributed by atoms with Gasteiger partial charge < -0.3 is 0 Å². The minimum absolute atomic E-state index is 0.0205. The first-order valence-corrected chi connectivity index (χ1v) is 15.4. The van der Waals surface area contributed by atoms with Gasteiger partial charge in [0.25, 0.3) is 0 Å². The molecule has 0 heterocycles. The average molecular weight is 590 g/mol. The zero-order valence-corrected chi connectivity index (χ0v) is 24.8. The molecular formula is C46H30. The van der Waals surface area contributed by atoms with Crippen LogP contribution in [0.25, 0.3) is 87.6 Å². The van der Waals surface area contributed by atoms with Crippen molar-refractivity contribution < 1.29 is 9.60 Å². The van der Waals surface area contributed by atoms with Crippen molar-refractivity contribution in [2.45, 2.75) is 0 Å². The van der Waals surface area contributed by atoms with Crippen molar-refractivity contribution in [2.24, 2.45) is 0 Å². The molecule has 0 N–H and O–H groups in total. The third-order valence-electron chi connectivity index (χ3n) is 8.86. The molecule has 0 spiro atoms. The summed E-state index contributed by atoms with van der Waals surface area (Å²) in [4.78, 5) is 0. The van der Waals surface area contributed by atoms with Gasteiger partial charge in [0.15, 0.2) is 0 Å². The Hall–Kier alpha value is -5.98. The maximum absolute atomic E-state index is 10.1. The molecule has 0 aliphatic heterocycles. The SMILES string of the molecule is [2H]c1c([2H])c([2H])c2c(-c3cccc4ccccc34)c3c([2H])c([2H])c(-c4ccc5ccccc5c4)c([2H])c3c(-c3cccc(-c4ccccc4)c3)c2c1[2H]. The van der Waals surface area contributed by atoms with Crippen LogP contribution in [-0.4, -0.2) is 0 Å². The van der Waals surface area contributed by atoms with E-state index in [9.17, 15) is 6.85 Å². The van der Waals surface area contributed by atoms with Crippen LogP contribution in [0.3, 0.4) is 0 Å². The van der Waals surface area contributed by atoms with Gasteiger partial charge >= 0.3 is 0 Å². The molecule has 0 aromatic heterocycles. The van der Waals surface area contributed by atoms with Crippen LogP contribution in [-0.2, 0) is 0 Å². The summed E-state index contributed by atoms with van der Waals surface area (Å²) in [6.45, 7) is 0. The first kappa shape index (κ1) is 20.1. The van der Waals surface area contributed by atoms with E-state index in [1.165, 1.54) is 0 Å². The lowest BCUT2D eigenvalue weighted by molar-refractivity contribution is 1.61. The number of rotatable bonds is 4. The smallest absolute Gasteiger partial charge is 0.0622 e. The molecule has 0 bridgehead atoms. The molecule has 0 saturated carbocycles. The number of hydrogen-bond donors (Lipinski definition) is 0. The highest BCUT2D eigenvalue weighted by molar-refractivity contribution is 6.24. The fraction of sp³-hybridized carbons (Fsp3) is 0. The lowest BCUT2D eigenvalue weighted by Gasteiger charge is -2.20. The maximum Gasteiger partial charge on any atom is 0.0636 e. The Morgan fingerprint density at radius 1 is 0.326 bits per heavy atom. The van der Waals surface area contributed by atoms with Crippen molar-refractivity contribution in [3.63, 3.8) is 0 Å². The highest BCUT2D eigenvalue weighted by Crippen LogP contribution is 2.46. The van der Waals surface area contributed by atoms with Gasteiger partial charge in [-0.15, -0.1) is 0 Å². The monoisotopic (exact) mass is 589 g/mol. The molecule has 9 aromatic rings. The largest absolute Gasteiger partial charge is 0.0636 e. The zero-order chi connectivity index (χ0) is 36.5. The Bertz CT molecular complexity index is 2960. The van der Waals surface area contributed by atoms with Gasteiger partial charge in [0, 0.05) is 0 Å². The van der Waals surface area contributed by atoms with E-state index in [4.69, 9.17) is 2.74 Å². The van der Waals surface area contributed by atoms with Gasteiger partial charge in [-0.3, -0.25) is 0 Å². The third-order valence-corrected chi connectivity index (χ3v) is 8.86. The molecule has 0 fully saturated rings. The Balaban J connectivity index is 1.55. The topological polar surface area (TPSA) is 0 Å². The molecule has 214 valence electrons. The molecule has 46 heavy (non-hydrogen) atoms. The fourth-order valence-corrected chi connectivity index (χ4v) is 6.69. The normalized spacial score (nSPS) is 13.6. The van der Waals surface area contributed by atoms with Crippen LogP contribution >= 0.6 is 0 Å². The molecule has 0 heteroatoms. The zero-order valence-electron chi connectivity index (χ0n) is 31.8. The first-order chi connectivity index (χ1) is 25.7. The molecule has 0 atom stereocenters. The Labute approximate surface area is 278 Å². The molecule has 9 rings (SSSR count). The Morgan fingerprint density at radius 2 is 0.957 bits per heavy atom. The van der Waals surface area contributed by atoms with Crippen LogP contribution in [0, 0.1) is 0 Å². The maximum atomic E-state index is 10.1. The van der Waals surface area contributed by atoms with Crippen molar-refractivity contribution in [3.05, 3.63) is 182 Å². The average Bonchev–Trinajstić information content (AvgIpc) is 3.20. The quantitative estimate of drug-likeness (QED) is 0.179. The van der Waals surface area contributed by atoms with E-state index in [0.29, 0.717) is 38.6 Å². The lowest BCUT2D eigenvalue weighted by Crippen LogP contribution is -1.93. The molecule has 0 amide bonds. The summed E-state index contributed by atoms with van der Waals surface area (Å²) >= 11 is 0. The van der Waals surface area contributed by atoms with Crippen molar-refractivity contribution >= 4 is 43.1 Å². The molecular weight excluding hydrogens is 553 g/mol. The van der Waals surface area contributed by atoms with Crippen molar-refractivity contribution in [2.75, 3.05) is 0 Å². The lowest BCUT2D eigenvalue weighted by atomic mass is 9.83. The van der Waals surface area contributed by atoms with Gasteiger partial charge in [0.1, 0.15) is 0 Å². The van der Waals surface area contributed by atoms with Gasteiger partial charge in [0.05, 0.1) is 9.60 Å². The molecule has 0 unspecified atom stereocenters. The summed E-state index contributed by atoms with van der Waals surface area (Å²) in [5, 5.41) is 4.90. The van der Waals surface area contributed by atoms with E-state index in [1.54, 1.807) is 0 Å². The van der Waals surface area contributed by atoms with Crippen LogP contribution in [0.15, 0.2) is 182 Å². The minimum Gasteiger partial charge on any atom is -0.0622 e. The summed E-state index contributed by atoms with van der Waals surface area (Å²) in [7, 11) is 0. The van der Waals surface area contributed by atoms with Gasteiger partial charge in [-0.25, -0.2) is 0 Å². The summed E-state index contributed by atoms with van der Waals surface area (Å²) < 4.78 is 66.0. The van der Waals surface area contributed by atoms with Crippen LogP contribution in [0.1, 0.15) is 9.60 Å².